The fourth-order valence-electron chi connectivity index (χ4n) is 3.60. The molecule has 0 spiro atoms. The summed E-state index contributed by atoms with van der Waals surface area (Å²) in [4.78, 5) is 15.1. The van der Waals surface area contributed by atoms with E-state index in [9.17, 15) is 4.79 Å². The predicted molar refractivity (Wildman–Crippen MR) is 91.1 cm³/mol. The Balaban J connectivity index is 1.70. The Hall–Kier alpha value is -1.57. The third kappa shape index (κ3) is 2.04. The molecular formula is C19H19NOSe. The molecule has 0 unspecified atom stereocenters. The summed E-state index contributed by atoms with van der Waals surface area (Å²) in [5.74, 6) is 0.312. The summed E-state index contributed by atoms with van der Waals surface area (Å²) in [5.41, 5.74) is 3.50. The molecule has 0 aliphatic carbocycles. The zero-order valence-corrected chi connectivity index (χ0v) is 14.4. The van der Waals surface area contributed by atoms with Crippen molar-refractivity contribution in [2.24, 2.45) is 0 Å². The predicted octanol–water partition coefficient (Wildman–Crippen LogP) is 2.69. The Morgan fingerprint density at radius 3 is 2.77 bits per heavy atom. The van der Waals surface area contributed by atoms with Crippen LogP contribution in [0, 0.1) is 0 Å². The number of benzene rings is 2. The van der Waals surface area contributed by atoms with Crippen LogP contribution in [0.4, 0.5) is 5.69 Å². The molecule has 2 aliphatic heterocycles. The Morgan fingerprint density at radius 1 is 1.14 bits per heavy atom. The summed E-state index contributed by atoms with van der Waals surface area (Å²) in [6.07, 6.45) is 2.19. The van der Waals surface area contributed by atoms with Crippen molar-refractivity contribution in [2.45, 2.75) is 30.5 Å². The number of amides is 1. The van der Waals surface area contributed by atoms with Gasteiger partial charge in [0.05, 0.1) is 0 Å². The molecule has 2 heterocycles. The molecule has 3 heteroatoms. The molecule has 0 aromatic heterocycles. The SMILES string of the molecule is C[C@@]1(C[Se]c2ccccc2)C(=O)N2CCCc3cccc1c32. The average molecular weight is 356 g/mol. The van der Waals surface area contributed by atoms with E-state index in [0.717, 1.165) is 24.7 Å². The molecule has 0 saturated heterocycles. The van der Waals surface area contributed by atoms with Crippen molar-refractivity contribution in [3.8, 4) is 0 Å². The van der Waals surface area contributed by atoms with Gasteiger partial charge in [0.25, 0.3) is 0 Å². The molecule has 0 fully saturated rings. The Labute approximate surface area is 137 Å². The molecule has 0 radical (unpaired) electrons. The van der Waals surface area contributed by atoms with Crippen molar-refractivity contribution in [3.63, 3.8) is 0 Å². The summed E-state index contributed by atoms with van der Waals surface area (Å²) < 4.78 is 1.37. The number of rotatable bonds is 3. The molecule has 2 aliphatic rings. The van der Waals surface area contributed by atoms with Crippen LogP contribution in [0.25, 0.3) is 0 Å². The second-order valence-corrected chi connectivity index (χ2v) is 8.51. The van der Waals surface area contributed by atoms with E-state index in [1.54, 1.807) is 0 Å². The zero-order valence-electron chi connectivity index (χ0n) is 12.7. The number of carbonyl (C=O) groups is 1. The third-order valence-corrected chi connectivity index (χ3v) is 7.58. The van der Waals surface area contributed by atoms with Gasteiger partial charge >= 0.3 is 137 Å². The number of hydrogen-bond acceptors (Lipinski definition) is 1. The quantitative estimate of drug-likeness (QED) is 0.775. The van der Waals surface area contributed by atoms with Crippen LogP contribution in [0.1, 0.15) is 24.5 Å². The molecule has 4 rings (SSSR count). The van der Waals surface area contributed by atoms with E-state index in [1.807, 2.05) is 6.07 Å². The number of carbonyl (C=O) groups excluding carboxylic acids is 1. The van der Waals surface area contributed by atoms with E-state index in [0.29, 0.717) is 20.9 Å². The van der Waals surface area contributed by atoms with Gasteiger partial charge in [0.15, 0.2) is 0 Å². The summed E-state index contributed by atoms with van der Waals surface area (Å²) in [5, 5.41) is 0.940. The molecule has 0 N–H and O–H groups in total. The Morgan fingerprint density at radius 2 is 1.95 bits per heavy atom. The van der Waals surface area contributed by atoms with Crippen molar-refractivity contribution >= 4 is 31.0 Å². The molecule has 1 atom stereocenters. The molecule has 112 valence electrons. The molecule has 22 heavy (non-hydrogen) atoms. The second kappa shape index (κ2) is 5.26. The monoisotopic (exact) mass is 357 g/mol. The Bertz CT molecular complexity index is 727. The van der Waals surface area contributed by atoms with E-state index < -0.39 is 0 Å². The fourth-order valence-corrected chi connectivity index (χ4v) is 5.87. The third-order valence-electron chi connectivity index (χ3n) is 4.80. The van der Waals surface area contributed by atoms with E-state index >= 15 is 0 Å². The van der Waals surface area contributed by atoms with Crippen molar-refractivity contribution < 1.29 is 4.79 Å². The van der Waals surface area contributed by atoms with Crippen LogP contribution in [-0.2, 0) is 16.6 Å². The minimum atomic E-state index is -0.342. The first kappa shape index (κ1) is 14.0. The first-order valence-corrected chi connectivity index (χ1v) is 9.89. The maximum absolute atomic E-state index is 13.1. The maximum atomic E-state index is 13.1. The van der Waals surface area contributed by atoms with Crippen molar-refractivity contribution in [2.75, 3.05) is 11.4 Å². The van der Waals surface area contributed by atoms with Gasteiger partial charge in [-0.25, -0.2) is 0 Å². The van der Waals surface area contributed by atoms with Gasteiger partial charge in [-0.2, -0.15) is 0 Å². The molecule has 1 amide bonds. The van der Waals surface area contributed by atoms with Gasteiger partial charge in [-0.3, -0.25) is 0 Å². The normalized spacial score (nSPS) is 22.8. The van der Waals surface area contributed by atoms with E-state index in [4.69, 9.17) is 0 Å². The topological polar surface area (TPSA) is 20.3 Å². The summed E-state index contributed by atoms with van der Waals surface area (Å²) in [6.45, 7) is 3.03. The summed E-state index contributed by atoms with van der Waals surface area (Å²) in [6, 6.07) is 17.1. The van der Waals surface area contributed by atoms with Crippen molar-refractivity contribution in [3.05, 3.63) is 59.7 Å². The van der Waals surface area contributed by atoms with E-state index in [-0.39, 0.29) is 5.41 Å². The van der Waals surface area contributed by atoms with Crippen LogP contribution in [0.5, 0.6) is 0 Å². The average Bonchev–Trinajstić information content (AvgIpc) is 2.79. The molecule has 2 aromatic carbocycles. The van der Waals surface area contributed by atoms with Gasteiger partial charge in [0.2, 0.25) is 0 Å². The number of nitrogens with zero attached hydrogens (tertiary/aromatic N) is 1. The Kier molecular flexibility index (Phi) is 3.36. The van der Waals surface area contributed by atoms with E-state index in [2.05, 4.69) is 54.3 Å². The second-order valence-electron chi connectivity index (χ2n) is 6.31. The molecule has 0 saturated carbocycles. The van der Waals surface area contributed by atoms with Crippen LogP contribution in [0.2, 0.25) is 5.32 Å². The molecule has 0 bridgehead atoms. The van der Waals surface area contributed by atoms with Gasteiger partial charge in [-0.15, -0.1) is 0 Å². The van der Waals surface area contributed by atoms with Crippen LogP contribution in [-0.4, -0.2) is 27.4 Å². The zero-order chi connectivity index (χ0) is 15.2. The van der Waals surface area contributed by atoms with Crippen molar-refractivity contribution in [1.82, 2.24) is 0 Å². The number of aryl methyl sites for hydroxylation is 1. The number of hydrogen-bond donors (Lipinski definition) is 0. The van der Waals surface area contributed by atoms with Crippen LogP contribution >= 0.6 is 0 Å². The van der Waals surface area contributed by atoms with Crippen LogP contribution in [0.15, 0.2) is 48.5 Å². The molecule has 2 nitrogen and oxygen atoms in total. The van der Waals surface area contributed by atoms with Crippen LogP contribution in [0.3, 0.4) is 0 Å². The van der Waals surface area contributed by atoms with Crippen LogP contribution < -0.4 is 9.36 Å². The minimum absolute atomic E-state index is 0.312. The number of anilines is 1. The van der Waals surface area contributed by atoms with Gasteiger partial charge in [0, 0.05) is 0 Å². The van der Waals surface area contributed by atoms with Gasteiger partial charge < -0.3 is 0 Å². The summed E-state index contributed by atoms with van der Waals surface area (Å²) in [7, 11) is 0. The van der Waals surface area contributed by atoms with Crippen molar-refractivity contribution in [1.29, 1.82) is 0 Å². The first-order chi connectivity index (χ1) is 10.7. The van der Waals surface area contributed by atoms with E-state index in [1.165, 1.54) is 21.3 Å². The standard InChI is InChI=1S/C19H19NOSe/c1-19(13-22-15-9-3-2-4-10-15)16-11-5-7-14-8-6-12-20(17(14)16)18(19)21/h2-5,7,9-11H,6,8,12-13H2,1H3/t19-/m0/s1. The fraction of sp³-hybridized carbons (Fsp3) is 0.316. The molecular weight excluding hydrogens is 337 g/mol. The van der Waals surface area contributed by atoms with Gasteiger partial charge in [-0.1, -0.05) is 0 Å². The summed E-state index contributed by atoms with van der Waals surface area (Å²) >= 11 is 0.322. The number of para-hydroxylation sites is 1. The first-order valence-electron chi connectivity index (χ1n) is 7.82. The van der Waals surface area contributed by atoms with Gasteiger partial charge in [-0.05, 0) is 0 Å². The molecule has 2 aromatic rings. The van der Waals surface area contributed by atoms with Gasteiger partial charge in [0.1, 0.15) is 0 Å².